The lowest BCUT2D eigenvalue weighted by molar-refractivity contribution is -0.129. The molecule has 0 bridgehead atoms. The number of anilines is 1. The van der Waals surface area contributed by atoms with Gasteiger partial charge in [0, 0.05) is 38.0 Å². The summed E-state index contributed by atoms with van der Waals surface area (Å²) in [5.41, 5.74) is 1.92. The van der Waals surface area contributed by atoms with Crippen LogP contribution in [0.3, 0.4) is 0 Å². The third-order valence-corrected chi connectivity index (χ3v) is 5.32. The van der Waals surface area contributed by atoms with E-state index in [2.05, 4.69) is 9.88 Å². The van der Waals surface area contributed by atoms with E-state index in [0.29, 0.717) is 4.88 Å². The second-order valence-electron chi connectivity index (χ2n) is 5.96. The Kier molecular flexibility index (Phi) is 5.68. The Morgan fingerprint density at radius 3 is 2.50 bits per heavy atom. The number of aromatic nitrogens is 1. The molecule has 3 rings (SSSR count). The second-order valence-corrected chi connectivity index (χ2v) is 7.08. The molecule has 2 aromatic heterocycles. The molecule has 0 radical (unpaired) electrons. The van der Waals surface area contributed by atoms with Crippen LogP contribution < -0.4 is 4.90 Å². The molecule has 3 heterocycles. The lowest BCUT2D eigenvalue weighted by atomic mass is 10.2. The van der Waals surface area contributed by atoms with Crippen molar-refractivity contribution >= 4 is 41.1 Å². The van der Waals surface area contributed by atoms with Crippen LogP contribution in [0.15, 0.2) is 30.5 Å². The van der Waals surface area contributed by atoms with E-state index < -0.39 is 0 Å². The number of hydrogen-bond acceptors (Lipinski definition) is 6. The first-order chi connectivity index (χ1) is 12.6. The summed E-state index contributed by atoms with van der Waals surface area (Å²) in [7, 11) is 1.38. The van der Waals surface area contributed by atoms with Crippen LogP contribution in [0.2, 0.25) is 0 Å². The van der Waals surface area contributed by atoms with Crippen LogP contribution >= 0.6 is 11.3 Å². The standard InChI is InChI=1S/C19H21N3O3S/c1-14(23)21-9-11-22(12-10-21)16-5-3-15(20-13-16)4-6-17-7-8-18(26-17)19(24)25-2/h3-8,13H,9-12H2,1-2H3/b6-4+. The van der Waals surface area contributed by atoms with Gasteiger partial charge in [0.15, 0.2) is 0 Å². The number of hydrogen-bond donors (Lipinski definition) is 0. The fourth-order valence-corrected chi connectivity index (χ4v) is 3.61. The van der Waals surface area contributed by atoms with E-state index in [1.54, 1.807) is 13.0 Å². The van der Waals surface area contributed by atoms with Gasteiger partial charge in [-0.15, -0.1) is 11.3 Å². The largest absolute Gasteiger partial charge is 0.465 e. The van der Waals surface area contributed by atoms with Crippen molar-refractivity contribution in [1.29, 1.82) is 0 Å². The van der Waals surface area contributed by atoms with Gasteiger partial charge in [0.1, 0.15) is 4.88 Å². The maximum atomic E-state index is 11.5. The number of rotatable bonds is 4. The summed E-state index contributed by atoms with van der Waals surface area (Å²) in [4.78, 5) is 33.0. The van der Waals surface area contributed by atoms with Crippen LogP contribution in [0, 0.1) is 0 Å². The molecule has 136 valence electrons. The fourth-order valence-electron chi connectivity index (χ4n) is 2.78. The maximum Gasteiger partial charge on any atom is 0.348 e. The highest BCUT2D eigenvalue weighted by atomic mass is 32.1. The molecule has 1 amide bonds. The summed E-state index contributed by atoms with van der Waals surface area (Å²) in [6.45, 7) is 4.75. The lowest BCUT2D eigenvalue weighted by Crippen LogP contribution is -2.48. The summed E-state index contributed by atoms with van der Waals surface area (Å²) in [6.07, 6.45) is 5.71. The Morgan fingerprint density at radius 1 is 1.12 bits per heavy atom. The minimum Gasteiger partial charge on any atom is -0.465 e. The van der Waals surface area contributed by atoms with Crippen LogP contribution in [0.5, 0.6) is 0 Å². The van der Waals surface area contributed by atoms with Crippen LogP contribution in [-0.2, 0) is 9.53 Å². The predicted molar refractivity (Wildman–Crippen MR) is 103 cm³/mol. The maximum absolute atomic E-state index is 11.5. The van der Waals surface area contributed by atoms with E-state index in [9.17, 15) is 9.59 Å². The van der Waals surface area contributed by atoms with Gasteiger partial charge in [-0.1, -0.05) is 0 Å². The summed E-state index contributed by atoms with van der Waals surface area (Å²) in [5.74, 6) is -0.186. The summed E-state index contributed by atoms with van der Waals surface area (Å²) in [6, 6.07) is 7.66. The van der Waals surface area contributed by atoms with Gasteiger partial charge >= 0.3 is 5.97 Å². The van der Waals surface area contributed by atoms with Crippen molar-refractivity contribution in [1.82, 2.24) is 9.88 Å². The number of ether oxygens (including phenoxy) is 1. The number of thiophene rings is 1. The van der Waals surface area contributed by atoms with Gasteiger partial charge in [0.05, 0.1) is 24.7 Å². The molecule has 2 aromatic rings. The molecule has 7 heteroatoms. The topological polar surface area (TPSA) is 62.7 Å². The summed E-state index contributed by atoms with van der Waals surface area (Å²) >= 11 is 1.38. The average molecular weight is 371 g/mol. The predicted octanol–water partition coefficient (Wildman–Crippen LogP) is 2.77. The highest BCUT2D eigenvalue weighted by Gasteiger charge is 2.18. The molecule has 0 spiro atoms. The Labute approximate surface area is 156 Å². The molecular formula is C19H21N3O3S. The van der Waals surface area contributed by atoms with Crippen molar-refractivity contribution < 1.29 is 14.3 Å². The summed E-state index contributed by atoms with van der Waals surface area (Å²) in [5, 5.41) is 0. The number of nitrogens with zero attached hydrogens (tertiary/aromatic N) is 3. The van der Waals surface area contributed by atoms with E-state index in [-0.39, 0.29) is 11.9 Å². The molecule has 6 nitrogen and oxygen atoms in total. The smallest absolute Gasteiger partial charge is 0.348 e. The quantitative estimate of drug-likeness (QED) is 0.774. The van der Waals surface area contributed by atoms with Gasteiger partial charge in [0.2, 0.25) is 5.91 Å². The molecule has 0 aliphatic carbocycles. The van der Waals surface area contributed by atoms with Crippen molar-refractivity contribution in [3.05, 3.63) is 45.9 Å². The monoisotopic (exact) mass is 371 g/mol. The molecule has 1 aliphatic rings. The zero-order chi connectivity index (χ0) is 18.5. The first-order valence-corrected chi connectivity index (χ1v) is 9.21. The molecule has 1 fully saturated rings. The molecule has 1 saturated heterocycles. The van der Waals surface area contributed by atoms with Gasteiger partial charge in [-0.3, -0.25) is 9.78 Å². The average Bonchev–Trinajstić information content (AvgIpc) is 3.15. The number of amides is 1. The van der Waals surface area contributed by atoms with Gasteiger partial charge in [0.25, 0.3) is 0 Å². The minimum absolute atomic E-state index is 0.132. The van der Waals surface area contributed by atoms with E-state index in [1.165, 1.54) is 18.4 Å². The molecule has 26 heavy (non-hydrogen) atoms. The first kappa shape index (κ1) is 18.1. The normalized spacial score (nSPS) is 14.7. The van der Waals surface area contributed by atoms with E-state index in [0.717, 1.165) is 42.4 Å². The zero-order valence-electron chi connectivity index (χ0n) is 14.8. The number of esters is 1. The van der Waals surface area contributed by atoms with Crippen LogP contribution in [0.1, 0.15) is 27.2 Å². The highest BCUT2D eigenvalue weighted by Crippen LogP contribution is 2.20. The number of piperazine rings is 1. The zero-order valence-corrected chi connectivity index (χ0v) is 15.7. The van der Waals surface area contributed by atoms with Crippen LogP contribution in [0.25, 0.3) is 12.2 Å². The molecule has 0 atom stereocenters. The molecular weight excluding hydrogens is 350 g/mol. The number of carbonyl (C=O) groups excluding carboxylic acids is 2. The molecule has 1 aliphatic heterocycles. The Hall–Kier alpha value is -2.67. The Morgan fingerprint density at radius 2 is 1.88 bits per heavy atom. The van der Waals surface area contributed by atoms with E-state index in [4.69, 9.17) is 4.74 Å². The first-order valence-electron chi connectivity index (χ1n) is 8.39. The highest BCUT2D eigenvalue weighted by molar-refractivity contribution is 7.14. The van der Waals surface area contributed by atoms with Crippen molar-refractivity contribution in [3.63, 3.8) is 0 Å². The SMILES string of the molecule is COC(=O)c1ccc(/C=C/c2ccc(N3CCN(C(C)=O)CC3)cn2)s1. The van der Waals surface area contributed by atoms with Gasteiger partial charge in [-0.25, -0.2) is 4.79 Å². The third-order valence-electron chi connectivity index (χ3n) is 4.29. The molecule has 0 unspecified atom stereocenters. The molecule has 0 saturated carbocycles. The van der Waals surface area contributed by atoms with Crippen molar-refractivity contribution in [2.75, 3.05) is 38.2 Å². The Balaban J connectivity index is 1.60. The number of carbonyl (C=O) groups is 2. The van der Waals surface area contributed by atoms with Crippen LogP contribution in [0.4, 0.5) is 5.69 Å². The van der Waals surface area contributed by atoms with E-state index in [1.807, 2.05) is 41.4 Å². The Bertz CT molecular complexity index is 806. The van der Waals surface area contributed by atoms with Crippen molar-refractivity contribution in [2.24, 2.45) is 0 Å². The van der Waals surface area contributed by atoms with Crippen molar-refractivity contribution in [2.45, 2.75) is 6.92 Å². The number of methoxy groups -OCH3 is 1. The fraction of sp³-hybridized carbons (Fsp3) is 0.316. The second kappa shape index (κ2) is 8.14. The third kappa shape index (κ3) is 4.29. The van der Waals surface area contributed by atoms with E-state index >= 15 is 0 Å². The van der Waals surface area contributed by atoms with Crippen molar-refractivity contribution in [3.8, 4) is 0 Å². The molecule has 0 aromatic carbocycles. The lowest BCUT2D eigenvalue weighted by Gasteiger charge is -2.35. The van der Waals surface area contributed by atoms with Gasteiger partial charge in [-0.05, 0) is 36.4 Å². The molecule has 0 N–H and O–H groups in total. The number of pyridine rings is 1. The van der Waals surface area contributed by atoms with Crippen LogP contribution in [-0.4, -0.2) is 55.0 Å². The van der Waals surface area contributed by atoms with Gasteiger partial charge in [-0.2, -0.15) is 0 Å². The minimum atomic E-state index is -0.318. The van der Waals surface area contributed by atoms with Gasteiger partial charge < -0.3 is 14.5 Å². The summed E-state index contributed by atoms with van der Waals surface area (Å²) < 4.78 is 4.71.